The Balaban J connectivity index is 1.65. The summed E-state index contributed by atoms with van der Waals surface area (Å²) in [4.78, 5) is 47.5. The van der Waals surface area contributed by atoms with Gasteiger partial charge in [-0.15, -0.1) is 0 Å². The molecular formula is C20H19N3O7. The van der Waals surface area contributed by atoms with E-state index in [4.69, 9.17) is 9.47 Å². The second-order valence-electron chi connectivity index (χ2n) is 7.38. The molecule has 3 aliphatic rings. The normalized spacial score (nSPS) is 26.5. The summed E-state index contributed by atoms with van der Waals surface area (Å²) >= 11 is 0. The molecule has 2 fully saturated rings. The molecule has 1 aromatic rings. The fourth-order valence-electron chi connectivity index (χ4n) is 4.45. The van der Waals surface area contributed by atoms with Crippen molar-refractivity contribution in [3.63, 3.8) is 0 Å². The summed E-state index contributed by atoms with van der Waals surface area (Å²) in [5.74, 6) is -2.41. The van der Waals surface area contributed by atoms with Crippen LogP contribution in [-0.2, 0) is 14.4 Å². The van der Waals surface area contributed by atoms with E-state index < -0.39 is 16.6 Å². The average molecular weight is 413 g/mol. The maximum atomic E-state index is 12.7. The Labute approximate surface area is 171 Å². The smallest absolute Gasteiger partial charge is 0.316 e. The van der Waals surface area contributed by atoms with E-state index in [0.29, 0.717) is 0 Å². The maximum absolute atomic E-state index is 12.7. The predicted molar refractivity (Wildman–Crippen MR) is 103 cm³/mol. The van der Waals surface area contributed by atoms with Gasteiger partial charge in [0, 0.05) is 18.6 Å². The number of ether oxygens (including phenoxy) is 2. The fraction of sp³-hybridized carbons (Fsp3) is 0.400. The molecule has 1 heterocycles. The third kappa shape index (κ3) is 3.14. The number of benzene rings is 1. The Hall–Kier alpha value is -3.56. The van der Waals surface area contributed by atoms with Gasteiger partial charge >= 0.3 is 11.7 Å². The highest BCUT2D eigenvalue weighted by atomic mass is 16.6. The van der Waals surface area contributed by atoms with Crippen molar-refractivity contribution in [2.45, 2.75) is 20.3 Å². The van der Waals surface area contributed by atoms with Crippen molar-refractivity contribution in [2.75, 3.05) is 6.61 Å². The van der Waals surface area contributed by atoms with Crippen LogP contribution in [0, 0.1) is 33.8 Å². The topological polar surface area (TPSA) is 128 Å². The van der Waals surface area contributed by atoms with Gasteiger partial charge in [-0.25, -0.2) is 0 Å². The number of fused-ring (bicyclic) bond motifs is 5. The number of esters is 1. The fourth-order valence-corrected chi connectivity index (χ4v) is 4.45. The van der Waals surface area contributed by atoms with Crippen LogP contribution < -0.4 is 9.47 Å². The molecule has 0 N–H and O–H groups in total. The molecule has 10 heteroatoms. The van der Waals surface area contributed by atoms with E-state index in [1.165, 1.54) is 12.3 Å². The van der Waals surface area contributed by atoms with Crippen LogP contribution in [0.3, 0.4) is 0 Å². The zero-order valence-electron chi connectivity index (χ0n) is 16.3. The lowest BCUT2D eigenvalue weighted by Crippen LogP contribution is -2.28. The monoisotopic (exact) mass is 413 g/mol. The Kier molecular flexibility index (Phi) is 4.84. The second kappa shape index (κ2) is 7.36. The van der Waals surface area contributed by atoms with Crippen LogP contribution in [0.25, 0.3) is 0 Å². The van der Waals surface area contributed by atoms with E-state index in [1.807, 2.05) is 12.2 Å². The summed E-state index contributed by atoms with van der Waals surface area (Å²) in [6, 6.07) is 2.54. The molecule has 0 unspecified atom stereocenters. The zero-order chi connectivity index (χ0) is 21.6. The largest absolute Gasteiger partial charge is 0.490 e. The highest BCUT2D eigenvalue weighted by molar-refractivity contribution is 6.06. The summed E-state index contributed by atoms with van der Waals surface area (Å²) < 4.78 is 10.3. The number of rotatable bonds is 6. The number of hydrogen-bond donors (Lipinski definition) is 0. The minimum atomic E-state index is -0.733. The van der Waals surface area contributed by atoms with Gasteiger partial charge in [-0.2, -0.15) is 10.1 Å². The molecule has 1 saturated carbocycles. The highest BCUT2D eigenvalue weighted by Gasteiger charge is 2.59. The number of hydrazone groups is 1. The molecule has 0 radical (unpaired) electrons. The molecule has 1 saturated heterocycles. The van der Waals surface area contributed by atoms with Gasteiger partial charge in [0.15, 0.2) is 5.75 Å². The van der Waals surface area contributed by atoms with Crippen molar-refractivity contribution in [3.05, 3.63) is 40.0 Å². The molecule has 2 amide bonds. The van der Waals surface area contributed by atoms with Crippen LogP contribution >= 0.6 is 0 Å². The number of carbonyl (C=O) groups excluding carboxylic acids is 3. The summed E-state index contributed by atoms with van der Waals surface area (Å²) in [7, 11) is 0. The molecule has 4 atom stereocenters. The van der Waals surface area contributed by atoms with E-state index in [1.54, 1.807) is 6.92 Å². The molecule has 4 rings (SSSR count). The summed E-state index contributed by atoms with van der Waals surface area (Å²) in [5.41, 5.74) is -0.268. The van der Waals surface area contributed by atoms with Gasteiger partial charge in [-0.3, -0.25) is 24.5 Å². The number of amides is 2. The lowest BCUT2D eigenvalue weighted by molar-refractivity contribution is -0.385. The number of imide groups is 1. The molecule has 0 aromatic heterocycles. The summed E-state index contributed by atoms with van der Waals surface area (Å²) in [6.45, 7) is 2.97. The molecule has 0 spiro atoms. The second-order valence-corrected chi connectivity index (χ2v) is 7.38. The molecule has 2 bridgehead atoms. The molecule has 2 aliphatic carbocycles. The third-order valence-corrected chi connectivity index (χ3v) is 5.57. The Morgan fingerprint density at radius 3 is 2.43 bits per heavy atom. The third-order valence-electron chi connectivity index (χ3n) is 5.57. The van der Waals surface area contributed by atoms with Gasteiger partial charge in [0.05, 0.1) is 29.6 Å². The molecule has 10 nitrogen and oxygen atoms in total. The molecule has 1 aliphatic heterocycles. The first-order valence-electron chi connectivity index (χ1n) is 9.55. The van der Waals surface area contributed by atoms with Crippen LogP contribution in [0.15, 0.2) is 29.4 Å². The van der Waals surface area contributed by atoms with Crippen LogP contribution in [0.2, 0.25) is 0 Å². The van der Waals surface area contributed by atoms with Gasteiger partial charge in [0.25, 0.3) is 11.8 Å². The van der Waals surface area contributed by atoms with E-state index >= 15 is 0 Å². The van der Waals surface area contributed by atoms with Crippen LogP contribution in [0.4, 0.5) is 5.69 Å². The maximum Gasteiger partial charge on any atom is 0.316 e. The van der Waals surface area contributed by atoms with Gasteiger partial charge in [-0.05, 0) is 31.2 Å². The number of hydrogen-bond acceptors (Lipinski definition) is 8. The first kappa shape index (κ1) is 19.7. The average Bonchev–Trinajstić information content (AvgIpc) is 3.36. The number of carbonyl (C=O) groups is 3. The minimum Gasteiger partial charge on any atom is -0.490 e. The van der Waals surface area contributed by atoms with Crippen molar-refractivity contribution in [2.24, 2.45) is 28.8 Å². The number of nitrogens with zero attached hydrogens (tertiary/aromatic N) is 3. The number of allylic oxidation sites excluding steroid dienone is 2. The molecule has 156 valence electrons. The number of nitro benzene ring substituents is 1. The van der Waals surface area contributed by atoms with Crippen molar-refractivity contribution in [1.29, 1.82) is 0 Å². The van der Waals surface area contributed by atoms with Gasteiger partial charge in [-0.1, -0.05) is 12.2 Å². The SMILES string of the molecule is CCOc1cc(C=NN2C(=O)[C@@H]3[C@H](C2=O)[C@H]2C=C[C@H]3C2)cc([N+](=O)[O-])c1OC(C)=O. The van der Waals surface area contributed by atoms with Crippen LogP contribution in [-0.4, -0.2) is 40.5 Å². The van der Waals surface area contributed by atoms with Crippen LogP contribution in [0.1, 0.15) is 25.8 Å². The highest BCUT2D eigenvalue weighted by Crippen LogP contribution is 2.52. The predicted octanol–water partition coefficient (Wildman–Crippen LogP) is 2.06. The first-order valence-corrected chi connectivity index (χ1v) is 9.55. The minimum absolute atomic E-state index is 0.0125. The first-order chi connectivity index (χ1) is 14.3. The number of nitro groups is 1. The van der Waals surface area contributed by atoms with Crippen molar-refractivity contribution in [3.8, 4) is 11.5 Å². The van der Waals surface area contributed by atoms with E-state index in [-0.39, 0.29) is 59.2 Å². The molecule has 30 heavy (non-hydrogen) atoms. The Bertz CT molecular complexity index is 986. The Morgan fingerprint density at radius 1 is 1.27 bits per heavy atom. The van der Waals surface area contributed by atoms with Crippen molar-refractivity contribution in [1.82, 2.24) is 5.01 Å². The summed E-state index contributed by atoms with van der Waals surface area (Å²) in [5, 5.41) is 16.4. The van der Waals surface area contributed by atoms with Crippen LogP contribution in [0.5, 0.6) is 11.5 Å². The van der Waals surface area contributed by atoms with Gasteiger partial charge < -0.3 is 9.47 Å². The molecule has 1 aromatic carbocycles. The lowest BCUT2D eigenvalue weighted by atomic mass is 9.85. The van der Waals surface area contributed by atoms with E-state index in [2.05, 4.69) is 5.10 Å². The van der Waals surface area contributed by atoms with Crippen molar-refractivity contribution < 1.29 is 28.8 Å². The van der Waals surface area contributed by atoms with Gasteiger partial charge in [0.2, 0.25) is 5.75 Å². The van der Waals surface area contributed by atoms with E-state index in [9.17, 15) is 24.5 Å². The standard InChI is InChI=1S/C20H19N3O7/c1-3-29-15-7-11(6-14(23(27)28)18(15)30-10(2)24)9-21-22-19(25)16-12-4-5-13(8-12)17(16)20(22)26/h4-7,9,12-13,16-17H,3,8H2,1-2H3/t12-,13-,16-,17+/m0/s1. The summed E-state index contributed by atoms with van der Waals surface area (Å²) in [6.07, 6.45) is 5.97. The quantitative estimate of drug-likeness (QED) is 0.133. The lowest BCUT2D eigenvalue weighted by Gasteiger charge is -2.13. The Morgan fingerprint density at radius 2 is 1.90 bits per heavy atom. The van der Waals surface area contributed by atoms with Crippen molar-refractivity contribution >= 4 is 29.7 Å². The van der Waals surface area contributed by atoms with Gasteiger partial charge in [0.1, 0.15) is 0 Å². The molecular weight excluding hydrogens is 394 g/mol. The zero-order valence-corrected chi connectivity index (χ0v) is 16.3. The van der Waals surface area contributed by atoms with E-state index in [0.717, 1.165) is 24.4 Å².